The lowest BCUT2D eigenvalue weighted by atomic mass is 10.1. The molecular weight excluding hydrogens is 360 g/mol. The van der Waals surface area contributed by atoms with Gasteiger partial charge in [-0.1, -0.05) is 35.9 Å². The maximum atomic E-state index is 12.9. The van der Waals surface area contributed by atoms with Crippen molar-refractivity contribution in [3.63, 3.8) is 0 Å². The van der Waals surface area contributed by atoms with E-state index in [4.69, 9.17) is 11.6 Å². The second-order valence-electron chi connectivity index (χ2n) is 5.57. The second-order valence-corrected chi connectivity index (χ2v) is 6.97. The number of carbonyl (C=O) groups excluding carboxylic acids is 3. The van der Waals surface area contributed by atoms with Crippen LogP contribution in [0, 0.1) is 0 Å². The molecule has 0 N–H and O–H groups in total. The minimum Gasteiger partial charge on any atom is -0.311 e. The van der Waals surface area contributed by atoms with E-state index in [1.54, 1.807) is 49.5 Å². The van der Waals surface area contributed by atoms with Crippen LogP contribution in [0.25, 0.3) is 5.57 Å². The molecule has 2 aromatic carbocycles. The Kier molecular flexibility index (Phi) is 3.67. The van der Waals surface area contributed by atoms with E-state index in [1.165, 1.54) is 4.90 Å². The van der Waals surface area contributed by atoms with Crippen LogP contribution in [0.15, 0.2) is 53.4 Å². The summed E-state index contributed by atoms with van der Waals surface area (Å²) >= 11 is 6.74. The second kappa shape index (κ2) is 5.75. The van der Waals surface area contributed by atoms with E-state index in [1.807, 2.05) is 6.07 Å². The van der Waals surface area contributed by atoms with Crippen molar-refractivity contribution < 1.29 is 14.4 Å². The molecular formula is C18H11ClN2O3S. The first-order valence-electron chi connectivity index (χ1n) is 7.42. The summed E-state index contributed by atoms with van der Waals surface area (Å²) in [5, 5.41) is -0.0270. The fourth-order valence-corrected chi connectivity index (χ4v) is 4.06. The number of nitrogens with zero attached hydrogens (tertiary/aromatic N) is 2. The molecule has 25 heavy (non-hydrogen) atoms. The normalized spacial score (nSPS) is 19.8. The number of para-hydroxylation sites is 1. The average molecular weight is 371 g/mol. The average Bonchev–Trinajstić information content (AvgIpc) is 3.02. The molecule has 124 valence electrons. The van der Waals surface area contributed by atoms with E-state index < -0.39 is 11.1 Å². The molecule has 0 saturated carbocycles. The van der Waals surface area contributed by atoms with Crippen molar-refractivity contribution in [1.82, 2.24) is 0 Å². The zero-order valence-corrected chi connectivity index (χ0v) is 14.6. The SMILES string of the molecule is CN1C(=O)/C(=C2\SC(=O)N(c3cccc(Cl)c3)C2=O)c2ccccc21. The quantitative estimate of drug-likeness (QED) is 0.714. The van der Waals surface area contributed by atoms with Crippen LogP contribution in [-0.2, 0) is 9.59 Å². The van der Waals surface area contributed by atoms with E-state index in [2.05, 4.69) is 0 Å². The predicted molar refractivity (Wildman–Crippen MR) is 98.7 cm³/mol. The number of hydrogen-bond donors (Lipinski definition) is 0. The van der Waals surface area contributed by atoms with E-state index in [0.29, 0.717) is 16.3 Å². The van der Waals surface area contributed by atoms with Gasteiger partial charge in [0.05, 0.1) is 21.9 Å². The summed E-state index contributed by atoms with van der Waals surface area (Å²) < 4.78 is 0. The highest BCUT2D eigenvalue weighted by atomic mass is 35.5. The molecule has 0 radical (unpaired) electrons. The Labute approximate surface area is 152 Å². The van der Waals surface area contributed by atoms with Gasteiger partial charge in [0.2, 0.25) is 0 Å². The minimum atomic E-state index is -0.509. The number of fused-ring (bicyclic) bond motifs is 1. The van der Waals surface area contributed by atoms with Gasteiger partial charge in [0.25, 0.3) is 17.1 Å². The third-order valence-electron chi connectivity index (χ3n) is 4.12. The number of hydrogen-bond acceptors (Lipinski definition) is 4. The predicted octanol–water partition coefficient (Wildman–Crippen LogP) is 3.93. The third kappa shape index (κ3) is 2.37. The molecule has 2 aromatic rings. The molecule has 2 heterocycles. The van der Waals surface area contributed by atoms with Crippen molar-refractivity contribution >= 4 is 57.4 Å². The maximum Gasteiger partial charge on any atom is 0.298 e. The molecule has 4 rings (SSSR count). The first-order chi connectivity index (χ1) is 12.0. The van der Waals surface area contributed by atoms with Crippen LogP contribution in [0.4, 0.5) is 16.2 Å². The number of amides is 3. The summed E-state index contributed by atoms with van der Waals surface area (Å²) in [6.45, 7) is 0. The first-order valence-corrected chi connectivity index (χ1v) is 8.62. The van der Waals surface area contributed by atoms with E-state index in [9.17, 15) is 14.4 Å². The van der Waals surface area contributed by atoms with Crippen LogP contribution in [-0.4, -0.2) is 24.1 Å². The van der Waals surface area contributed by atoms with Crippen LogP contribution in [0.5, 0.6) is 0 Å². The summed E-state index contributed by atoms with van der Waals surface area (Å²) in [5.41, 5.74) is 2.03. The maximum absolute atomic E-state index is 12.9. The minimum absolute atomic E-state index is 0.145. The Morgan fingerprint density at radius 3 is 2.48 bits per heavy atom. The fourth-order valence-electron chi connectivity index (χ4n) is 2.95. The Bertz CT molecular complexity index is 986. The van der Waals surface area contributed by atoms with Crippen molar-refractivity contribution in [2.24, 2.45) is 0 Å². The molecule has 0 spiro atoms. The summed E-state index contributed by atoms with van der Waals surface area (Å²) in [5.74, 6) is -0.802. The molecule has 0 bridgehead atoms. The summed E-state index contributed by atoms with van der Waals surface area (Å²) in [4.78, 5) is 40.6. The molecule has 5 nitrogen and oxygen atoms in total. The molecule has 7 heteroatoms. The smallest absolute Gasteiger partial charge is 0.298 e. The molecule has 1 saturated heterocycles. The van der Waals surface area contributed by atoms with Crippen molar-refractivity contribution in [1.29, 1.82) is 0 Å². The third-order valence-corrected chi connectivity index (χ3v) is 5.29. The van der Waals surface area contributed by atoms with Gasteiger partial charge < -0.3 is 4.90 Å². The highest BCUT2D eigenvalue weighted by molar-refractivity contribution is 8.19. The Morgan fingerprint density at radius 2 is 1.72 bits per heavy atom. The largest absolute Gasteiger partial charge is 0.311 e. The lowest BCUT2D eigenvalue weighted by Crippen LogP contribution is -2.28. The Balaban J connectivity index is 1.85. The van der Waals surface area contributed by atoms with Crippen LogP contribution >= 0.6 is 23.4 Å². The van der Waals surface area contributed by atoms with Gasteiger partial charge in [-0.2, -0.15) is 0 Å². The molecule has 2 aliphatic heterocycles. The molecule has 0 atom stereocenters. The van der Waals surface area contributed by atoms with Crippen LogP contribution in [0.3, 0.4) is 0 Å². The van der Waals surface area contributed by atoms with Gasteiger partial charge in [0.15, 0.2) is 0 Å². The van der Waals surface area contributed by atoms with Crippen LogP contribution in [0.2, 0.25) is 5.02 Å². The van der Waals surface area contributed by atoms with Crippen molar-refractivity contribution in [2.45, 2.75) is 0 Å². The van der Waals surface area contributed by atoms with Crippen molar-refractivity contribution in [3.8, 4) is 0 Å². The lowest BCUT2D eigenvalue weighted by Gasteiger charge is -2.12. The van der Waals surface area contributed by atoms with Gasteiger partial charge in [-0.3, -0.25) is 14.4 Å². The number of rotatable bonds is 1. The molecule has 0 unspecified atom stereocenters. The number of benzene rings is 2. The topological polar surface area (TPSA) is 57.7 Å². The number of likely N-dealkylation sites (N-methyl/N-ethyl adjacent to an activating group) is 1. The van der Waals surface area contributed by atoms with Gasteiger partial charge in [-0.25, -0.2) is 4.90 Å². The van der Waals surface area contributed by atoms with Gasteiger partial charge in [0.1, 0.15) is 0 Å². The highest BCUT2D eigenvalue weighted by Gasteiger charge is 2.43. The highest BCUT2D eigenvalue weighted by Crippen LogP contribution is 2.44. The number of thioether (sulfide) groups is 1. The van der Waals surface area contributed by atoms with Crippen molar-refractivity contribution in [3.05, 3.63) is 64.0 Å². The summed E-state index contributed by atoms with van der Waals surface area (Å²) in [6.07, 6.45) is 0. The van der Waals surface area contributed by atoms with E-state index in [0.717, 1.165) is 22.3 Å². The summed E-state index contributed by atoms with van der Waals surface area (Å²) in [7, 11) is 1.65. The number of halogens is 1. The van der Waals surface area contributed by atoms with E-state index >= 15 is 0 Å². The summed E-state index contributed by atoms with van der Waals surface area (Å²) in [6, 6.07) is 13.7. The lowest BCUT2D eigenvalue weighted by molar-refractivity contribution is -0.115. The number of anilines is 2. The van der Waals surface area contributed by atoms with Crippen molar-refractivity contribution in [2.75, 3.05) is 16.8 Å². The van der Waals surface area contributed by atoms with Gasteiger partial charge in [0, 0.05) is 17.6 Å². The zero-order valence-electron chi connectivity index (χ0n) is 13.0. The van der Waals surface area contributed by atoms with Crippen LogP contribution < -0.4 is 9.80 Å². The first kappa shape index (κ1) is 15.9. The molecule has 2 aliphatic rings. The number of imide groups is 1. The standard InChI is InChI=1S/C18H11ClN2O3S/c1-20-13-8-3-2-7-12(13)14(16(20)22)15-17(23)21(18(24)25-15)11-6-4-5-10(19)9-11/h2-9H,1H3/b15-14-. The van der Waals surface area contributed by atoms with Crippen LogP contribution in [0.1, 0.15) is 5.56 Å². The van der Waals surface area contributed by atoms with E-state index in [-0.39, 0.29) is 16.4 Å². The van der Waals surface area contributed by atoms with Gasteiger partial charge >= 0.3 is 0 Å². The van der Waals surface area contributed by atoms with Gasteiger partial charge in [-0.05, 0) is 36.0 Å². The fraction of sp³-hybridized carbons (Fsp3) is 0.0556. The number of carbonyl (C=O) groups is 3. The molecule has 3 amide bonds. The van der Waals surface area contributed by atoms with Gasteiger partial charge in [-0.15, -0.1) is 0 Å². The monoisotopic (exact) mass is 370 g/mol. The molecule has 0 aliphatic carbocycles. The molecule has 0 aromatic heterocycles. The zero-order chi connectivity index (χ0) is 17.7. The Hall–Kier alpha value is -2.57. The Morgan fingerprint density at radius 1 is 0.960 bits per heavy atom. The molecule has 1 fully saturated rings.